The molecular weight excluding hydrogens is 314 g/mol. The fraction of sp³-hybridized carbons (Fsp3) is 0.417. The van der Waals surface area contributed by atoms with Crippen molar-refractivity contribution in [1.82, 2.24) is 4.98 Å². The van der Waals surface area contributed by atoms with Crippen molar-refractivity contribution in [3.8, 4) is 0 Å². The van der Waals surface area contributed by atoms with Crippen LogP contribution in [0, 0.1) is 11.3 Å². The maximum Gasteiger partial charge on any atom is 0.238 e. The number of nitrogens with one attached hydrogen (secondary N) is 1. The molecule has 0 bridgehead atoms. The van der Waals surface area contributed by atoms with E-state index in [0.717, 1.165) is 4.47 Å². The second-order valence-corrected chi connectivity index (χ2v) is 6.13. The van der Waals surface area contributed by atoms with E-state index < -0.39 is 5.41 Å². The lowest BCUT2D eigenvalue weighted by molar-refractivity contribution is -0.127. The standard InChI is InChI=1S/C12H14BrN3OS/c1-7-4-12(5-7,10(14)18)11(17)16-9-3-2-8(13)6-15-9/h2-3,6-7H,4-5H2,1H3,(H2,14,18)(H,15,16,17). The molecule has 1 aromatic rings. The Kier molecular flexibility index (Phi) is 3.68. The molecule has 1 aliphatic rings. The van der Waals surface area contributed by atoms with Gasteiger partial charge in [0.05, 0.1) is 10.4 Å². The third-order valence-electron chi connectivity index (χ3n) is 3.27. The van der Waals surface area contributed by atoms with Crippen LogP contribution >= 0.6 is 28.1 Å². The zero-order valence-corrected chi connectivity index (χ0v) is 12.3. The van der Waals surface area contributed by atoms with Gasteiger partial charge >= 0.3 is 0 Å². The van der Waals surface area contributed by atoms with Crippen LogP contribution in [-0.4, -0.2) is 15.9 Å². The molecule has 1 aromatic heterocycles. The SMILES string of the molecule is CC1CC(C(=O)Nc2ccc(Br)cn2)(C(N)=S)C1. The van der Waals surface area contributed by atoms with Gasteiger partial charge in [-0.1, -0.05) is 19.1 Å². The van der Waals surface area contributed by atoms with Gasteiger partial charge in [-0.15, -0.1) is 0 Å². The second-order valence-electron chi connectivity index (χ2n) is 4.78. The first-order valence-corrected chi connectivity index (χ1v) is 6.87. The smallest absolute Gasteiger partial charge is 0.238 e. The summed E-state index contributed by atoms with van der Waals surface area (Å²) in [5.41, 5.74) is 5.03. The van der Waals surface area contributed by atoms with E-state index in [1.165, 1.54) is 0 Å². The molecule has 0 saturated heterocycles. The molecule has 0 atom stereocenters. The van der Waals surface area contributed by atoms with E-state index in [0.29, 0.717) is 24.6 Å². The van der Waals surface area contributed by atoms with Gasteiger partial charge in [0.2, 0.25) is 5.91 Å². The zero-order chi connectivity index (χ0) is 13.3. The van der Waals surface area contributed by atoms with Crippen molar-refractivity contribution in [3.05, 3.63) is 22.8 Å². The van der Waals surface area contributed by atoms with Gasteiger partial charge in [-0.3, -0.25) is 4.79 Å². The Morgan fingerprint density at radius 3 is 2.72 bits per heavy atom. The fourth-order valence-electron chi connectivity index (χ4n) is 2.31. The van der Waals surface area contributed by atoms with Crippen molar-refractivity contribution < 1.29 is 4.79 Å². The maximum absolute atomic E-state index is 12.3. The third-order valence-corrected chi connectivity index (χ3v) is 4.13. The normalized spacial score (nSPS) is 26.2. The molecule has 3 N–H and O–H groups in total. The van der Waals surface area contributed by atoms with E-state index in [2.05, 4.69) is 33.2 Å². The number of hydrogen-bond donors (Lipinski definition) is 2. The summed E-state index contributed by atoms with van der Waals surface area (Å²) in [6.45, 7) is 2.09. The first-order valence-electron chi connectivity index (χ1n) is 5.67. The van der Waals surface area contributed by atoms with Crippen LogP contribution in [0.3, 0.4) is 0 Å². The lowest BCUT2D eigenvalue weighted by Crippen LogP contribution is -2.53. The molecule has 1 aliphatic carbocycles. The average molecular weight is 328 g/mol. The molecule has 0 radical (unpaired) electrons. The summed E-state index contributed by atoms with van der Waals surface area (Å²) < 4.78 is 0.863. The molecule has 0 unspecified atom stereocenters. The lowest BCUT2D eigenvalue weighted by atomic mass is 9.62. The topological polar surface area (TPSA) is 68.0 Å². The van der Waals surface area contributed by atoms with Crippen LogP contribution in [0.4, 0.5) is 5.82 Å². The molecule has 4 nitrogen and oxygen atoms in total. The number of nitrogens with two attached hydrogens (primary N) is 1. The molecule has 1 saturated carbocycles. The van der Waals surface area contributed by atoms with Crippen LogP contribution in [0.5, 0.6) is 0 Å². The number of anilines is 1. The minimum absolute atomic E-state index is 0.150. The summed E-state index contributed by atoms with van der Waals surface area (Å²) in [7, 11) is 0. The van der Waals surface area contributed by atoms with Crippen molar-refractivity contribution in [2.24, 2.45) is 17.1 Å². The van der Waals surface area contributed by atoms with Crippen molar-refractivity contribution in [2.45, 2.75) is 19.8 Å². The number of nitrogens with zero attached hydrogens (tertiary/aromatic N) is 1. The van der Waals surface area contributed by atoms with Gasteiger partial charge in [0.1, 0.15) is 5.82 Å². The van der Waals surface area contributed by atoms with Gasteiger partial charge < -0.3 is 11.1 Å². The predicted octanol–water partition coefficient (Wildman–Crippen LogP) is 2.49. The number of amides is 1. The largest absolute Gasteiger partial charge is 0.392 e. The molecule has 6 heteroatoms. The highest BCUT2D eigenvalue weighted by molar-refractivity contribution is 9.10. The molecule has 0 spiro atoms. The van der Waals surface area contributed by atoms with Gasteiger partial charge in [-0.25, -0.2) is 4.98 Å². The van der Waals surface area contributed by atoms with Gasteiger partial charge in [-0.2, -0.15) is 0 Å². The van der Waals surface area contributed by atoms with E-state index in [4.69, 9.17) is 18.0 Å². The monoisotopic (exact) mass is 327 g/mol. The van der Waals surface area contributed by atoms with Gasteiger partial charge in [0, 0.05) is 10.7 Å². The number of pyridine rings is 1. The summed E-state index contributed by atoms with van der Waals surface area (Å²) in [4.78, 5) is 16.6. The predicted molar refractivity (Wildman–Crippen MR) is 78.2 cm³/mol. The van der Waals surface area contributed by atoms with Crippen molar-refractivity contribution >= 4 is 44.9 Å². The van der Waals surface area contributed by atoms with Gasteiger partial charge in [0.25, 0.3) is 0 Å². The van der Waals surface area contributed by atoms with Crippen LogP contribution in [0.1, 0.15) is 19.8 Å². The summed E-state index contributed by atoms with van der Waals surface area (Å²) >= 11 is 8.33. The molecule has 0 aliphatic heterocycles. The quantitative estimate of drug-likeness (QED) is 0.837. The molecular formula is C12H14BrN3OS. The molecule has 2 rings (SSSR count). The van der Waals surface area contributed by atoms with E-state index >= 15 is 0 Å². The van der Waals surface area contributed by atoms with Gasteiger partial charge in [0.15, 0.2) is 0 Å². The first-order chi connectivity index (χ1) is 8.44. The second kappa shape index (κ2) is 4.93. The minimum Gasteiger partial charge on any atom is -0.392 e. The Labute approximate surface area is 119 Å². The number of halogens is 1. The lowest BCUT2D eigenvalue weighted by Gasteiger charge is -2.43. The number of carbonyl (C=O) groups excluding carboxylic acids is 1. The Bertz CT molecular complexity index is 483. The molecule has 1 fully saturated rings. The summed E-state index contributed by atoms with van der Waals surface area (Å²) in [5.74, 6) is 0.844. The Morgan fingerprint density at radius 2 is 2.28 bits per heavy atom. The number of thiocarbonyl (C=S) groups is 1. The van der Waals surface area contributed by atoms with E-state index in [-0.39, 0.29) is 10.9 Å². The third kappa shape index (κ3) is 2.40. The average Bonchev–Trinajstić information content (AvgIpc) is 2.27. The Hall–Kier alpha value is -1.01. The highest BCUT2D eigenvalue weighted by Crippen LogP contribution is 2.46. The number of rotatable bonds is 3. The fourth-order valence-corrected chi connectivity index (χ4v) is 2.81. The van der Waals surface area contributed by atoms with Gasteiger partial charge in [-0.05, 0) is 46.8 Å². The number of hydrogen-bond acceptors (Lipinski definition) is 3. The summed E-state index contributed by atoms with van der Waals surface area (Å²) in [6.07, 6.45) is 3.06. The highest BCUT2D eigenvalue weighted by atomic mass is 79.9. The molecule has 18 heavy (non-hydrogen) atoms. The maximum atomic E-state index is 12.3. The molecule has 96 valence electrons. The van der Waals surface area contributed by atoms with Crippen LogP contribution in [0.25, 0.3) is 0 Å². The van der Waals surface area contributed by atoms with Crippen molar-refractivity contribution in [3.63, 3.8) is 0 Å². The van der Waals surface area contributed by atoms with Crippen LogP contribution in [0.2, 0.25) is 0 Å². The van der Waals surface area contributed by atoms with Crippen molar-refractivity contribution in [2.75, 3.05) is 5.32 Å². The Balaban J connectivity index is 2.11. The summed E-state index contributed by atoms with van der Waals surface area (Å²) in [5, 5.41) is 2.78. The van der Waals surface area contributed by atoms with Crippen molar-refractivity contribution in [1.29, 1.82) is 0 Å². The van der Waals surface area contributed by atoms with E-state index in [1.54, 1.807) is 12.3 Å². The Morgan fingerprint density at radius 1 is 1.61 bits per heavy atom. The first kappa shape index (κ1) is 13.4. The molecule has 0 aromatic carbocycles. The highest BCUT2D eigenvalue weighted by Gasteiger charge is 2.50. The molecule has 1 amide bonds. The van der Waals surface area contributed by atoms with E-state index in [1.807, 2.05) is 6.07 Å². The minimum atomic E-state index is -0.691. The zero-order valence-electron chi connectivity index (χ0n) is 9.94. The number of aromatic nitrogens is 1. The van der Waals surface area contributed by atoms with E-state index in [9.17, 15) is 4.79 Å². The molecule has 1 heterocycles. The van der Waals surface area contributed by atoms with Crippen LogP contribution < -0.4 is 11.1 Å². The number of carbonyl (C=O) groups is 1. The summed E-state index contributed by atoms with van der Waals surface area (Å²) in [6, 6.07) is 3.55. The van der Waals surface area contributed by atoms with Crippen LogP contribution in [-0.2, 0) is 4.79 Å². The van der Waals surface area contributed by atoms with Crippen LogP contribution in [0.15, 0.2) is 22.8 Å².